The first-order valence-corrected chi connectivity index (χ1v) is 9.68. The molecule has 2 aromatic carbocycles. The number of carbonyl (C=O) groups is 1. The van der Waals surface area contributed by atoms with Crippen molar-refractivity contribution in [3.63, 3.8) is 0 Å². The molecule has 0 bridgehead atoms. The summed E-state index contributed by atoms with van der Waals surface area (Å²) in [5.74, 6) is -0.169. The van der Waals surface area contributed by atoms with Crippen LogP contribution in [0.5, 0.6) is 0 Å². The van der Waals surface area contributed by atoms with E-state index in [4.69, 9.17) is 0 Å². The number of fused-ring (bicyclic) bond motifs is 1. The van der Waals surface area contributed by atoms with Crippen LogP contribution < -0.4 is 4.90 Å². The van der Waals surface area contributed by atoms with Gasteiger partial charge in [0.25, 0.3) is 5.91 Å². The second-order valence-electron chi connectivity index (χ2n) is 5.75. The SMILES string of the molecule is CC.O=C(c1ccccc1)N1CCN(c2nc3ccc(F)cc3s2)CC1. The van der Waals surface area contributed by atoms with E-state index in [2.05, 4.69) is 9.88 Å². The molecule has 1 amide bonds. The molecule has 0 N–H and O–H groups in total. The average molecular weight is 371 g/mol. The lowest BCUT2D eigenvalue weighted by molar-refractivity contribution is 0.0747. The standard InChI is InChI=1S/C18H16FN3OS.C2H6/c19-14-6-7-15-16(12-14)24-18(20-15)22-10-8-21(9-11-22)17(23)13-4-2-1-3-5-13;1-2/h1-7,12H,8-11H2;1-2H3. The third kappa shape index (κ3) is 3.85. The van der Waals surface area contributed by atoms with Crippen LogP contribution in [-0.4, -0.2) is 42.0 Å². The summed E-state index contributed by atoms with van der Waals surface area (Å²) in [5, 5.41) is 0.891. The van der Waals surface area contributed by atoms with Gasteiger partial charge in [-0.25, -0.2) is 9.37 Å². The Morgan fingerprint density at radius 1 is 1.04 bits per heavy atom. The molecule has 0 aliphatic carbocycles. The summed E-state index contributed by atoms with van der Waals surface area (Å²) in [6.45, 7) is 6.80. The summed E-state index contributed by atoms with van der Waals surface area (Å²) in [5.41, 5.74) is 1.54. The summed E-state index contributed by atoms with van der Waals surface area (Å²) in [6.07, 6.45) is 0. The summed E-state index contributed by atoms with van der Waals surface area (Å²) >= 11 is 1.50. The van der Waals surface area contributed by atoms with Crippen molar-refractivity contribution in [2.45, 2.75) is 13.8 Å². The van der Waals surface area contributed by atoms with Gasteiger partial charge in [0, 0.05) is 31.7 Å². The number of thiazole rings is 1. The predicted octanol–water partition coefficient (Wildman–Crippen LogP) is 4.42. The number of hydrogen-bond acceptors (Lipinski definition) is 4. The zero-order valence-corrected chi connectivity index (χ0v) is 15.8. The molecule has 1 aliphatic rings. The van der Waals surface area contributed by atoms with Crippen molar-refractivity contribution in [1.29, 1.82) is 0 Å². The Labute approximate surface area is 156 Å². The van der Waals surface area contributed by atoms with Crippen molar-refractivity contribution in [3.05, 3.63) is 59.9 Å². The van der Waals surface area contributed by atoms with E-state index in [1.807, 2.05) is 49.1 Å². The molecule has 0 unspecified atom stereocenters. The molecule has 3 aromatic rings. The molecule has 136 valence electrons. The van der Waals surface area contributed by atoms with Crippen molar-refractivity contribution < 1.29 is 9.18 Å². The fourth-order valence-electron chi connectivity index (χ4n) is 2.89. The molecular formula is C20H22FN3OS. The predicted molar refractivity (Wildman–Crippen MR) is 105 cm³/mol. The normalized spacial score (nSPS) is 14.1. The molecule has 1 aromatic heterocycles. The molecule has 1 fully saturated rings. The number of piperazine rings is 1. The molecule has 2 heterocycles. The summed E-state index contributed by atoms with van der Waals surface area (Å²) < 4.78 is 14.2. The average Bonchev–Trinajstić information content (AvgIpc) is 3.13. The number of anilines is 1. The van der Waals surface area contributed by atoms with Gasteiger partial charge >= 0.3 is 0 Å². The number of halogens is 1. The highest BCUT2D eigenvalue weighted by atomic mass is 32.1. The quantitative estimate of drug-likeness (QED) is 0.669. The minimum absolute atomic E-state index is 0.0709. The monoisotopic (exact) mass is 371 g/mol. The Morgan fingerprint density at radius 3 is 2.42 bits per heavy atom. The zero-order valence-electron chi connectivity index (χ0n) is 15.0. The molecular weight excluding hydrogens is 349 g/mol. The summed E-state index contributed by atoms with van der Waals surface area (Å²) in [4.78, 5) is 21.1. The number of amides is 1. The second-order valence-corrected chi connectivity index (χ2v) is 6.76. The van der Waals surface area contributed by atoms with Gasteiger partial charge in [-0.2, -0.15) is 0 Å². The Balaban J connectivity index is 0.000000948. The van der Waals surface area contributed by atoms with E-state index < -0.39 is 0 Å². The van der Waals surface area contributed by atoms with Crippen LogP contribution >= 0.6 is 11.3 Å². The van der Waals surface area contributed by atoms with Crippen LogP contribution in [0.3, 0.4) is 0 Å². The van der Waals surface area contributed by atoms with Gasteiger partial charge in [0.15, 0.2) is 5.13 Å². The maximum absolute atomic E-state index is 13.3. The molecule has 26 heavy (non-hydrogen) atoms. The van der Waals surface area contributed by atoms with Crippen LogP contribution in [0.15, 0.2) is 48.5 Å². The Bertz CT molecular complexity index is 873. The first-order valence-electron chi connectivity index (χ1n) is 8.86. The molecule has 1 saturated heterocycles. The van der Waals surface area contributed by atoms with Crippen molar-refractivity contribution in [3.8, 4) is 0 Å². The minimum Gasteiger partial charge on any atom is -0.345 e. The van der Waals surface area contributed by atoms with Gasteiger partial charge in [-0.05, 0) is 30.3 Å². The van der Waals surface area contributed by atoms with Crippen molar-refractivity contribution in [2.24, 2.45) is 0 Å². The van der Waals surface area contributed by atoms with Crippen LogP contribution in [0.4, 0.5) is 9.52 Å². The highest BCUT2D eigenvalue weighted by molar-refractivity contribution is 7.22. The number of benzene rings is 2. The maximum atomic E-state index is 13.3. The van der Waals surface area contributed by atoms with Gasteiger partial charge in [0.1, 0.15) is 5.82 Å². The minimum atomic E-state index is -0.240. The first-order chi connectivity index (χ1) is 12.7. The van der Waals surface area contributed by atoms with E-state index in [9.17, 15) is 9.18 Å². The van der Waals surface area contributed by atoms with Crippen LogP contribution in [0.2, 0.25) is 0 Å². The van der Waals surface area contributed by atoms with Gasteiger partial charge in [-0.3, -0.25) is 4.79 Å². The molecule has 0 atom stereocenters. The number of rotatable bonds is 2. The molecule has 0 radical (unpaired) electrons. The van der Waals surface area contributed by atoms with Gasteiger partial charge in [0.05, 0.1) is 10.2 Å². The lowest BCUT2D eigenvalue weighted by Gasteiger charge is -2.34. The Hall–Kier alpha value is -2.47. The fraction of sp³-hybridized carbons (Fsp3) is 0.300. The number of hydrogen-bond donors (Lipinski definition) is 0. The molecule has 4 nitrogen and oxygen atoms in total. The van der Waals surface area contributed by atoms with Crippen molar-refractivity contribution in [1.82, 2.24) is 9.88 Å². The largest absolute Gasteiger partial charge is 0.345 e. The molecule has 4 rings (SSSR count). The highest BCUT2D eigenvalue weighted by Gasteiger charge is 2.23. The van der Waals surface area contributed by atoms with E-state index >= 15 is 0 Å². The van der Waals surface area contributed by atoms with Crippen LogP contribution in [0.25, 0.3) is 10.2 Å². The zero-order chi connectivity index (χ0) is 18.5. The van der Waals surface area contributed by atoms with Gasteiger partial charge in [0.2, 0.25) is 0 Å². The molecule has 1 aliphatic heterocycles. The van der Waals surface area contributed by atoms with Crippen LogP contribution in [-0.2, 0) is 0 Å². The van der Waals surface area contributed by atoms with Crippen LogP contribution in [0.1, 0.15) is 24.2 Å². The molecule has 0 spiro atoms. The van der Waals surface area contributed by atoms with Gasteiger partial charge < -0.3 is 9.80 Å². The fourth-order valence-corrected chi connectivity index (χ4v) is 3.93. The van der Waals surface area contributed by atoms with Crippen molar-refractivity contribution >= 4 is 32.6 Å². The third-order valence-electron chi connectivity index (χ3n) is 4.20. The van der Waals surface area contributed by atoms with E-state index in [-0.39, 0.29) is 11.7 Å². The lowest BCUT2D eigenvalue weighted by atomic mass is 10.2. The summed E-state index contributed by atoms with van der Waals surface area (Å²) in [7, 11) is 0. The van der Waals surface area contributed by atoms with E-state index in [0.717, 1.165) is 34.0 Å². The maximum Gasteiger partial charge on any atom is 0.253 e. The Kier molecular flexibility index (Phi) is 5.83. The summed E-state index contributed by atoms with van der Waals surface area (Å²) in [6, 6.07) is 14.0. The lowest BCUT2D eigenvalue weighted by Crippen LogP contribution is -2.48. The van der Waals surface area contributed by atoms with E-state index in [0.29, 0.717) is 13.1 Å². The third-order valence-corrected chi connectivity index (χ3v) is 5.28. The van der Waals surface area contributed by atoms with Crippen LogP contribution in [0, 0.1) is 5.82 Å². The highest BCUT2D eigenvalue weighted by Crippen LogP contribution is 2.30. The smallest absolute Gasteiger partial charge is 0.253 e. The second kappa shape index (κ2) is 8.27. The van der Waals surface area contributed by atoms with Gasteiger partial charge in [-0.1, -0.05) is 43.4 Å². The number of nitrogens with zero attached hydrogens (tertiary/aromatic N) is 3. The molecule has 6 heteroatoms. The van der Waals surface area contributed by atoms with E-state index in [1.54, 1.807) is 6.07 Å². The molecule has 0 saturated carbocycles. The topological polar surface area (TPSA) is 36.4 Å². The van der Waals surface area contributed by atoms with E-state index in [1.165, 1.54) is 23.5 Å². The van der Waals surface area contributed by atoms with Crippen molar-refractivity contribution in [2.75, 3.05) is 31.1 Å². The van der Waals surface area contributed by atoms with Gasteiger partial charge in [-0.15, -0.1) is 0 Å². The number of carbonyl (C=O) groups excluding carboxylic acids is 1. The first kappa shape index (κ1) is 18.3. The Morgan fingerprint density at radius 2 is 1.73 bits per heavy atom. The number of aromatic nitrogens is 1.